The summed E-state index contributed by atoms with van der Waals surface area (Å²) >= 11 is 11.3. The molecule has 0 saturated carbocycles. The predicted octanol–water partition coefficient (Wildman–Crippen LogP) is 4.34. The molecule has 90 valence electrons. The van der Waals surface area contributed by atoms with E-state index in [1.54, 1.807) is 0 Å². The van der Waals surface area contributed by atoms with Crippen LogP contribution in [0, 0.1) is 5.92 Å². The molecule has 0 aromatic carbocycles. The summed E-state index contributed by atoms with van der Waals surface area (Å²) in [6.45, 7) is 6.48. The van der Waals surface area contributed by atoms with Crippen molar-refractivity contribution in [2.24, 2.45) is 5.92 Å². The Kier molecular flexibility index (Phi) is 6.08. The quantitative estimate of drug-likeness (QED) is 0.754. The van der Waals surface area contributed by atoms with Crippen LogP contribution in [0.15, 0.2) is 4.47 Å². The predicted molar refractivity (Wildman–Crippen MR) is 75.1 cm³/mol. The minimum atomic E-state index is 0.520. The molecule has 0 spiro atoms. The molecule has 0 saturated heterocycles. The lowest BCUT2D eigenvalue weighted by Crippen LogP contribution is -2.01. The molecule has 0 aliphatic rings. The Morgan fingerprint density at radius 2 is 2.06 bits per heavy atom. The van der Waals surface area contributed by atoms with Gasteiger partial charge in [-0.05, 0) is 34.0 Å². The first kappa shape index (κ1) is 14.3. The smallest absolute Gasteiger partial charge is 0.147 e. The van der Waals surface area contributed by atoms with Gasteiger partial charge in [0.2, 0.25) is 0 Å². The van der Waals surface area contributed by atoms with E-state index in [0.29, 0.717) is 11.1 Å². The molecular weight excluding hydrogens is 308 g/mol. The number of halogens is 2. The van der Waals surface area contributed by atoms with Crippen molar-refractivity contribution in [2.75, 3.05) is 5.75 Å². The van der Waals surface area contributed by atoms with E-state index in [9.17, 15) is 0 Å². The monoisotopic (exact) mass is 322 g/mol. The van der Waals surface area contributed by atoms with Gasteiger partial charge in [-0.2, -0.15) is 11.8 Å². The molecule has 16 heavy (non-hydrogen) atoms. The number of hydrogen-bond donors (Lipinski definition) is 0. The van der Waals surface area contributed by atoms with Crippen LogP contribution in [0.2, 0.25) is 5.15 Å². The van der Waals surface area contributed by atoms with E-state index in [1.807, 2.05) is 11.8 Å². The Hall–Kier alpha value is 0.200. The van der Waals surface area contributed by atoms with Crippen molar-refractivity contribution in [1.82, 2.24) is 9.97 Å². The molecule has 0 atom stereocenters. The van der Waals surface area contributed by atoms with E-state index in [-0.39, 0.29) is 0 Å². The van der Waals surface area contributed by atoms with Gasteiger partial charge in [0.25, 0.3) is 0 Å². The second-order valence-corrected chi connectivity index (χ2v) is 6.14. The minimum Gasteiger partial charge on any atom is -0.236 e. The number of hydrogen-bond acceptors (Lipinski definition) is 3. The van der Waals surface area contributed by atoms with Gasteiger partial charge in [-0.1, -0.05) is 32.4 Å². The summed E-state index contributed by atoms with van der Waals surface area (Å²) < 4.78 is 0.828. The maximum Gasteiger partial charge on any atom is 0.147 e. The highest BCUT2D eigenvalue weighted by atomic mass is 79.9. The topological polar surface area (TPSA) is 25.8 Å². The zero-order valence-corrected chi connectivity index (χ0v) is 12.9. The molecule has 1 aromatic heterocycles. The van der Waals surface area contributed by atoms with Crippen molar-refractivity contribution in [3.8, 4) is 0 Å². The summed E-state index contributed by atoms with van der Waals surface area (Å²) in [4.78, 5) is 8.75. The molecule has 0 fully saturated rings. The molecule has 0 amide bonds. The fourth-order valence-electron chi connectivity index (χ4n) is 1.20. The first-order valence-electron chi connectivity index (χ1n) is 5.33. The van der Waals surface area contributed by atoms with Gasteiger partial charge in [-0.3, -0.25) is 0 Å². The van der Waals surface area contributed by atoms with Crippen LogP contribution < -0.4 is 0 Å². The molecule has 0 aliphatic carbocycles. The zero-order chi connectivity index (χ0) is 12.1. The van der Waals surface area contributed by atoms with Crippen LogP contribution in [0.1, 0.15) is 32.3 Å². The van der Waals surface area contributed by atoms with Gasteiger partial charge in [-0.25, -0.2) is 9.97 Å². The maximum atomic E-state index is 6.03. The Bertz CT molecular complexity index is 358. The van der Waals surface area contributed by atoms with Crippen LogP contribution in [0.3, 0.4) is 0 Å². The van der Waals surface area contributed by atoms with Crippen molar-refractivity contribution >= 4 is 39.3 Å². The van der Waals surface area contributed by atoms with Gasteiger partial charge >= 0.3 is 0 Å². The van der Waals surface area contributed by atoms with Gasteiger partial charge in [0.15, 0.2) is 0 Å². The lowest BCUT2D eigenvalue weighted by Gasteiger charge is -2.07. The molecular formula is C11H16BrClN2S. The Balaban J connectivity index is 2.70. The van der Waals surface area contributed by atoms with Crippen LogP contribution in [0.5, 0.6) is 0 Å². The van der Waals surface area contributed by atoms with Crippen LogP contribution in [0.25, 0.3) is 0 Å². The van der Waals surface area contributed by atoms with Crippen molar-refractivity contribution in [2.45, 2.75) is 32.9 Å². The van der Waals surface area contributed by atoms with Crippen molar-refractivity contribution < 1.29 is 0 Å². The summed E-state index contributed by atoms with van der Waals surface area (Å²) in [7, 11) is 0. The first-order valence-corrected chi connectivity index (χ1v) is 7.65. The molecule has 0 unspecified atom stereocenters. The molecule has 0 aliphatic heterocycles. The SMILES string of the molecule is CCc1nc(CSCC(C)C)nc(Cl)c1Br. The summed E-state index contributed by atoms with van der Waals surface area (Å²) in [6, 6.07) is 0. The third-order valence-corrected chi connectivity index (χ3v) is 4.64. The second kappa shape index (κ2) is 6.82. The Morgan fingerprint density at radius 1 is 1.38 bits per heavy atom. The summed E-state index contributed by atoms with van der Waals surface area (Å²) in [6.07, 6.45) is 0.866. The lowest BCUT2D eigenvalue weighted by atomic mass is 10.3. The van der Waals surface area contributed by atoms with Crippen molar-refractivity contribution in [3.63, 3.8) is 0 Å². The third-order valence-electron chi connectivity index (χ3n) is 1.94. The van der Waals surface area contributed by atoms with Crippen molar-refractivity contribution in [3.05, 3.63) is 21.1 Å². The van der Waals surface area contributed by atoms with E-state index in [2.05, 4.69) is 46.7 Å². The average molecular weight is 324 g/mol. The van der Waals surface area contributed by atoms with E-state index in [0.717, 1.165) is 33.9 Å². The molecule has 0 N–H and O–H groups in total. The molecule has 0 bridgehead atoms. The van der Waals surface area contributed by atoms with E-state index < -0.39 is 0 Å². The van der Waals surface area contributed by atoms with Crippen LogP contribution in [0.4, 0.5) is 0 Å². The maximum absolute atomic E-state index is 6.03. The Morgan fingerprint density at radius 3 is 2.62 bits per heavy atom. The highest BCUT2D eigenvalue weighted by Gasteiger charge is 2.09. The molecule has 1 rings (SSSR count). The fourth-order valence-corrected chi connectivity index (χ4v) is 2.76. The number of nitrogens with zero attached hydrogens (tertiary/aromatic N) is 2. The van der Waals surface area contributed by atoms with E-state index in [1.165, 1.54) is 0 Å². The zero-order valence-electron chi connectivity index (χ0n) is 9.76. The Labute approximate surface area is 115 Å². The normalized spacial score (nSPS) is 11.1. The third kappa shape index (κ3) is 4.22. The number of thioether (sulfide) groups is 1. The van der Waals surface area contributed by atoms with Gasteiger partial charge in [0, 0.05) is 0 Å². The van der Waals surface area contributed by atoms with Crippen molar-refractivity contribution in [1.29, 1.82) is 0 Å². The molecule has 1 aromatic rings. The molecule has 0 radical (unpaired) electrons. The molecule has 2 nitrogen and oxygen atoms in total. The number of aryl methyl sites for hydroxylation is 1. The fraction of sp³-hybridized carbons (Fsp3) is 0.636. The van der Waals surface area contributed by atoms with Crippen LogP contribution >= 0.6 is 39.3 Å². The standard InChI is InChI=1S/C11H16BrClN2S/c1-4-8-10(12)11(13)15-9(14-8)6-16-5-7(2)3/h7H,4-6H2,1-3H3. The van der Waals surface area contributed by atoms with Crippen LogP contribution in [-0.4, -0.2) is 15.7 Å². The summed E-state index contributed by atoms with van der Waals surface area (Å²) in [5.74, 6) is 3.48. The lowest BCUT2D eigenvalue weighted by molar-refractivity contribution is 0.749. The summed E-state index contributed by atoms with van der Waals surface area (Å²) in [5, 5.41) is 0.520. The summed E-state index contributed by atoms with van der Waals surface area (Å²) in [5.41, 5.74) is 0.986. The highest BCUT2D eigenvalue weighted by Crippen LogP contribution is 2.25. The van der Waals surface area contributed by atoms with Gasteiger partial charge < -0.3 is 0 Å². The van der Waals surface area contributed by atoms with Gasteiger partial charge in [0.05, 0.1) is 15.9 Å². The molecule has 1 heterocycles. The van der Waals surface area contributed by atoms with Gasteiger partial charge in [-0.15, -0.1) is 0 Å². The van der Waals surface area contributed by atoms with E-state index >= 15 is 0 Å². The van der Waals surface area contributed by atoms with E-state index in [4.69, 9.17) is 11.6 Å². The second-order valence-electron chi connectivity index (χ2n) is 3.95. The minimum absolute atomic E-state index is 0.520. The van der Waals surface area contributed by atoms with Gasteiger partial charge in [0.1, 0.15) is 11.0 Å². The van der Waals surface area contributed by atoms with Crippen LogP contribution in [-0.2, 0) is 12.2 Å². The first-order chi connectivity index (χ1) is 7.54. The molecule has 5 heteroatoms. The number of aromatic nitrogens is 2. The largest absolute Gasteiger partial charge is 0.236 e. The highest BCUT2D eigenvalue weighted by molar-refractivity contribution is 9.10. The number of rotatable bonds is 5. The average Bonchev–Trinajstić information content (AvgIpc) is 2.22.